The summed E-state index contributed by atoms with van der Waals surface area (Å²) >= 11 is 0. The van der Waals surface area contributed by atoms with Gasteiger partial charge in [0.05, 0.1) is 0 Å². The van der Waals surface area contributed by atoms with Crippen LogP contribution in [-0.4, -0.2) is 15.0 Å². The van der Waals surface area contributed by atoms with Gasteiger partial charge in [-0.05, 0) is 97.7 Å². The van der Waals surface area contributed by atoms with Gasteiger partial charge in [-0.25, -0.2) is 15.0 Å². The van der Waals surface area contributed by atoms with Crippen LogP contribution in [0.5, 0.6) is 0 Å². The molecule has 2 aromatic heterocycles. The summed E-state index contributed by atoms with van der Waals surface area (Å²) in [4.78, 5) is 15.5. The second-order valence-electron chi connectivity index (χ2n) is 14.8. The summed E-state index contributed by atoms with van der Waals surface area (Å²) in [5.41, 5.74) is 13.5. The van der Waals surface area contributed by atoms with Crippen LogP contribution in [0.3, 0.4) is 0 Å². The molecule has 0 aliphatic heterocycles. The van der Waals surface area contributed by atoms with Crippen LogP contribution in [0.1, 0.15) is 0 Å². The van der Waals surface area contributed by atoms with Crippen LogP contribution < -0.4 is 0 Å². The molecule has 0 atom stereocenters. The van der Waals surface area contributed by atoms with Gasteiger partial charge in [0.15, 0.2) is 17.5 Å². The van der Waals surface area contributed by atoms with Crippen molar-refractivity contribution in [3.63, 3.8) is 0 Å². The Morgan fingerprint density at radius 1 is 0.271 bits per heavy atom. The highest BCUT2D eigenvalue weighted by Crippen LogP contribution is 2.39. The molecule has 0 aliphatic rings. The normalized spacial score (nSPS) is 11.4. The zero-order valence-electron chi connectivity index (χ0n) is 32.0. The lowest BCUT2D eigenvalue weighted by Crippen LogP contribution is -2.00. The van der Waals surface area contributed by atoms with E-state index in [1.165, 1.54) is 16.7 Å². The van der Waals surface area contributed by atoms with Gasteiger partial charge >= 0.3 is 0 Å². The van der Waals surface area contributed by atoms with Crippen molar-refractivity contribution in [1.29, 1.82) is 0 Å². The van der Waals surface area contributed by atoms with E-state index in [0.717, 1.165) is 77.2 Å². The summed E-state index contributed by atoms with van der Waals surface area (Å²) in [6, 6.07) is 74.1. The molecule has 9 aromatic carbocycles. The Labute approximate surface area is 341 Å². The molecule has 276 valence electrons. The summed E-state index contributed by atoms with van der Waals surface area (Å²) in [6.07, 6.45) is 0. The summed E-state index contributed by atoms with van der Waals surface area (Å²) in [5.74, 6) is 1.78. The highest BCUT2D eigenvalue weighted by atomic mass is 16.3. The second-order valence-corrected chi connectivity index (χ2v) is 14.8. The Balaban J connectivity index is 1.05. The number of fused-ring (bicyclic) bond motifs is 4. The van der Waals surface area contributed by atoms with E-state index in [-0.39, 0.29) is 0 Å². The average Bonchev–Trinajstić information content (AvgIpc) is 3.70. The van der Waals surface area contributed by atoms with Crippen LogP contribution in [-0.2, 0) is 0 Å². The SMILES string of the molecule is c1ccc(-c2cccc(-c3nc(-c4ccc5ccc(-c6ccccc6)cc5c4)nc(-c4ccc5c(c4)oc4cccc(-c6cccc(-c7ccccc7)c6)c45)n3)c2)cc1. The second kappa shape index (κ2) is 14.5. The smallest absolute Gasteiger partial charge is 0.164 e. The highest BCUT2D eigenvalue weighted by Gasteiger charge is 2.18. The zero-order chi connectivity index (χ0) is 39.1. The molecule has 11 aromatic rings. The third kappa shape index (κ3) is 6.53. The molecule has 0 spiro atoms. The molecule has 0 saturated heterocycles. The van der Waals surface area contributed by atoms with E-state index in [4.69, 9.17) is 19.4 Å². The van der Waals surface area contributed by atoms with Gasteiger partial charge in [-0.15, -0.1) is 0 Å². The van der Waals surface area contributed by atoms with Gasteiger partial charge in [-0.3, -0.25) is 0 Å². The fraction of sp³-hybridized carbons (Fsp3) is 0. The number of hydrogen-bond acceptors (Lipinski definition) is 4. The van der Waals surface area contributed by atoms with Crippen molar-refractivity contribution < 1.29 is 4.42 Å². The molecule has 0 bridgehead atoms. The van der Waals surface area contributed by atoms with Crippen molar-refractivity contribution in [3.05, 3.63) is 212 Å². The summed E-state index contributed by atoms with van der Waals surface area (Å²) in [5, 5.41) is 4.39. The fourth-order valence-corrected chi connectivity index (χ4v) is 8.13. The van der Waals surface area contributed by atoms with E-state index < -0.39 is 0 Å². The van der Waals surface area contributed by atoms with Crippen LogP contribution in [0, 0.1) is 0 Å². The van der Waals surface area contributed by atoms with Gasteiger partial charge in [-0.2, -0.15) is 0 Å². The molecule has 4 heteroatoms. The minimum atomic E-state index is 0.575. The van der Waals surface area contributed by atoms with Gasteiger partial charge in [-0.1, -0.05) is 170 Å². The van der Waals surface area contributed by atoms with Crippen LogP contribution in [0.4, 0.5) is 0 Å². The molecule has 0 amide bonds. The quantitative estimate of drug-likeness (QED) is 0.163. The first-order valence-corrected chi connectivity index (χ1v) is 19.8. The predicted octanol–water partition coefficient (Wildman–Crippen LogP) is 14.6. The van der Waals surface area contributed by atoms with Crippen molar-refractivity contribution in [2.75, 3.05) is 0 Å². The first kappa shape index (κ1) is 34.3. The van der Waals surface area contributed by atoms with Crippen molar-refractivity contribution in [1.82, 2.24) is 15.0 Å². The minimum Gasteiger partial charge on any atom is -0.456 e. The molecule has 0 N–H and O–H groups in total. The lowest BCUT2D eigenvalue weighted by Gasteiger charge is -2.11. The lowest BCUT2D eigenvalue weighted by molar-refractivity contribution is 0.669. The van der Waals surface area contributed by atoms with Crippen LogP contribution in [0.15, 0.2) is 217 Å². The Kier molecular flexibility index (Phi) is 8.45. The molecule has 59 heavy (non-hydrogen) atoms. The largest absolute Gasteiger partial charge is 0.456 e. The molecule has 11 rings (SSSR count). The maximum Gasteiger partial charge on any atom is 0.164 e. The molecular weight excluding hydrogens is 719 g/mol. The molecule has 2 heterocycles. The molecular formula is C55H35N3O. The zero-order valence-corrected chi connectivity index (χ0v) is 32.0. The highest BCUT2D eigenvalue weighted by molar-refractivity contribution is 6.13. The summed E-state index contributed by atoms with van der Waals surface area (Å²) < 4.78 is 6.61. The average molecular weight is 754 g/mol. The number of rotatable bonds is 7. The van der Waals surface area contributed by atoms with Crippen molar-refractivity contribution in [2.45, 2.75) is 0 Å². The van der Waals surface area contributed by atoms with Crippen LogP contribution >= 0.6 is 0 Å². The molecule has 0 unspecified atom stereocenters. The predicted molar refractivity (Wildman–Crippen MR) is 243 cm³/mol. The number of aromatic nitrogens is 3. The maximum atomic E-state index is 6.61. The van der Waals surface area contributed by atoms with Crippen molar-refractivity contribution in [2.24, 2.45) is 0 Å². The summed E-state index contributed by atoms with van der Waals surface area (Å²) in [7, 11) is 0. The van der Waals surface area contributed by atoms with E-state index in [1.807, 2.05) is 24.3 Å². The monoisotopic (exact) mass is 753 g/mol. The number of nitrogens with zero attached hydrogens (tertiary/aromatic N) is 3. The summed E-state index contributed by atoms with van der Waals surface area (Å²) in [6.45, 7) is 0. The van der Waals surface area contributed by atoms with Gasteiger partial charge in [0, 0.05) is 27.5 Å². The Morgan fingerprint density at radius 3 is 1.34 bits per heavy atom. The van der Waals surface area contributed by atoms with E-state index in [2.05, 4.69) is 188 Å². The van der Waals surface area contributed by atoms with Gasteiger partial charge in [0.1, 0.15) is 11.2 Å². The van der Waals surface area contributed by atoms with Crippen molar-refractivity contribution >= 4 is 32.7 Å². The molecule has 0 saturated carbocycles. The third-order valence-corrected chi connectivity index (χ3v) is 11.1. The Morgan fingerprint density at radius 2 is 0.712 bits per heavy atom. The van der Waals surface area contributed by atoms with Gasteiger partial charge < -0.3 is 4.42 Å². The number of furan rings is 1. The van der Waals surface area contributed by atoms with E-state index >= 15 is 0 Å². The lowest BCUT2D eigenvalue weighted by atomic mass is 9.96. The van der Waals surface area contributed by atoms with E-state index in [0.29, 0.717) is 17.5 Å². The van der Waals surface area contributed by atoms with Crippen molar-refractivity contribution in [3.8, 4) is 78.7 Å². The standard InChI is InChI=1S/C55H35N3O/c1-4-13-36(14-5-1)40-19-10-21-43(31-40)48-23-12-24-50-52(48)49-30-29-46(35-51(49)59-50)55-57-53(44-22-11-20-41(32-44)37-15-6-2-7-16-37)56-54(58-55)45-28-26-39-25-27-42(33-47(39)34-45)38-17-8-3-9-18-38/h1-35H. The Hall–Kier alpha value is -7.95. The number of hydrogen-bond donors (Lipinski definition) is 0. The maximum absolute atomic E-state index is 6.61. The third-order valence-electron chi connectivity index (χ3n) is 11.1. The first-order valence-electron chi connectivity index (χ1n) is 19.8. The van der Waals surface area contributed by atoms with Crippen LogP contribution in [0.2, 0.25) is 0 Å². The topological polar surface area (TPSA) is 51.8 Å². The molecule has 0 radical (unpaired) electrons. The van der Waals surface area contributed by atoms with Gasteiger partial charge in [0.2, 0.25) is 0 Å². The fourth-order valence-electron chi connectivity index (χ4n) is 8.13. The Bertz CT molecular complexity index is 3320. The molecule has 0 fully saturated rings. The number of benzene rings is 9. The molecule has 0 aliphatic carbocycles. The molecule has 4 nitrogen and oxygen atoms in total. The van der Waals surface area contributed by atoms with Crippen LogP contribution in [0.25, 0.3) is 111 Å². The first-order chi connectivity index (χ1) is 29.2. The van der Waals surface area contributed by atoms with Gasteiger partial charge in [0.25, 0.3) is 0 Å². The van der Waals surface area contributed by atoms with E-state index in [1.54, 1.807) is 0 Å². The minimum absolute atomic E-state index is 0.575. The van der Waals surface area contributed by atoms with E-state index in [9.17, 15) is 0 Å².